The van der Waals surface area contributed by atoms with E-state index in [1.165, 1.54) is 24.3 Å². The molecule has 3 rings (SSSR count). The van der Waals surface area contributed by atoms with Crippen molar-refractivity contribution < 1.29 is 14.5 Å². The van der Waals surface area contributed by atoms with Gasteiger partial charge in [-0.1, -0.05) is 0 Å². The van der Waals surface area contributed by atoms with E-state index >= 15 is 0 Å². The van der Waals surface area contributed by atoms with Crippen LogP contribution in [0.3, 0.4) is 0 Å². The summed E-state index contributed by atoms with van der Waals surface area (Å²) in [6, 6.07) is 5.89. The van der Waals surface area contributed by atoms with Gasteiger partial charge in [0.2, 0.25) is 0 Å². The lowest BCUT2D eigenvalue weighted by Gasteiger charge is -2.40. The van der Waals surface area contributed by atoms with E-state index in [0.717, 1.165) is 6.42 Å². The Hall–Kier alpha value is -1.99. The van der Waals surface area contributed by atoms with Gasteiger partial charge in [0.1, 0.15) is 0 Å². The molecule has 2 atom stereocenters. The number of non-ortho nitro benzene ring substituents is 1. The number of amides is 1. The first-order chi connectivity index (χ1) is 11.1. The Kier molecular flexibility index (Phi) is 3.88. The van der Waals surface area contributed by atoms with Crippen molar-refractivity contribution in [3.05, 3.63) is 39.9 Å². The standard InChI is InChI=1S/C17H23N3O4/c1-16(2)9-14-13(10-24-16)17(3,4)19(18-14)15(21)11-5-7-12(8-6-11)20(22)23/h5-8,13-14,18H,9-10H2,1-4H3/t13-,14-/m0/s1. The van der Waals surface area contributed by atoms with E-state index in [-0.39, 0.29) is 29.2 Å². The Morgan fingerprint density at radius 1 is 1.29 bits per heavy atom. The zero-order valence-corrected chi connectivity index (χ0v) is 14.4. The average molecular weight is 333 g/mol. The van der Waals surface area contributed by atoms with Gasteiger partial charge in [0.25, 0.3) is 11.6 Å². The lowest BCUT2D eigenvalue weighted by Crippen LogP contribution is -2.50. The highest BCUT2D eigenvalue weighted by Crippen LogP contribution is 2.41. The van der Waals surface area contributed by atoms with Gasteiger partial charge >= 0.3 is 0 Å². The van der Waals surface area contributed by atoms with Crippen molar-refractivity contribution in [3.63, 3.8) is 0 Å². The maximum absolute atomic E-state index is 12.9. The van der Waals surface area contributed by atoms with Crippen LogP contribution in [0.4, 0.5) is 5.69 Å². The SMILES string of the molecule is CC1(C)C[C@@H]2NN(C(=O)c3ccc([N+](=O)[O-])cc3)C(C)(C)[C@H]2CO1. The summed E-state index contributed by atoms with van der Waals surface area (Å²) >= 11 is 0. The first kappa shape index (κ1) is 16.9. The minimum atomic E-state index is -0.472. The Morgan fingerprint density at radius 3 is 2.50 bits per heavy atom. The number of hydrazine groups is 1. The molecule has 2 heterocycles. The highest BCUT2D eigenvalue weighted by molar-refractivity contribution is 5.94. The van der Waals surface area contributed by atoms with Crippen molar-refractivity contribution in [2.24, 2.45) is 5.92 Å². The smallest absolute Gasteiger partial charge is 0.269 e. The molecule has 130 valence electrons. The van der Waals surface area contributed by atoms with Gasteiger partial charge in [0.15, 0.2) is 0 Å². The minimum Gasteiger partial charge on any atom is -0.375 e. The third-order valence-corrected chi connectivity index (χ3v) is 5.16. The normalized spacial score (nSPS) is 27.6. The van der Waals surface area contributed by atoms with Crippen LogP contribution in [0.25, 0.3) is 0 Å². The fraction of sp³-hybridized carbons (Fsp3) is 0.588. The van der Waals surface area contributed by atoms with Crippen LogP contribution < -0.4 is 5.43 Å². The number of hydrogen-bond donors (Lipinski definition) is 1. The highest BCUT2D eigenvalue weighted by Gasteiger charge is 2.53. The molecular formula is C17H23N3O4. The average Bonchev–Trinajstić information content (AvgIpc) is 2.75. The lowest BCUT2D eigenvalue weighted by molar-refractivity contribution is -0.384. The summed E-state index contributed by atoms with van der Waals surface area (Å²) in [5.41, 5.74) is 3.14. The van der Waals surface area contributed by atoms with Gasteiger partial charge < -0.3 is 4.74 Å². The summed E-state index contributed by atoms with van der Waals surface area (Å²) < 4.78 is 5.94. The van der Waals surface area contributed by atoms with Crippen molar-refractivity contribution in [2.75, 3.05) is 6.61 Å². The molecule has 1 aromatic carbocycles. The molecule has 2 saturated heterocycles. The number of nitrogens with zero attached hydrogens (tertiary/aromatic N) is 2. The van der Waals surface area contributed by atoms with Crippen molar-refractivity contribution in [2.45, 2.75) is 51.3 Å². The van der Waals surface area contributed by atoms with E-state index in [1.54, 1.807) is 5.01 Å². The fourth-order valence-corrected chi connectivity index (χ4v) is 3.67. The van der Waals surface area contributed by atoms with Crippen molar-refractivity contribution in [3.8, 4) is 0 Å². The van der Waals surface area contributed by atoms with Crippen molar-refractivity contribution >= 4 is 11.6 Å². The van der Waals surface area contributed by atoms with E-state index in [0.29, 0.717) is 12.2 Å². The van der Waals surface area contributed by atoms with Gasteiger partial charge in [-0.25, -0.2) is 5.43 Å². The van der Waals surface area contributed by atoms with E-state index in [1.807, 2.05) is 13.8 Å². The summed E-state index contributed by atoms with van der Waals surface area (Å²) in [6.07, 6.45) is 0.825. The summed E-state index contributed by atoms with van der Waals surface area (Å²) in [4.78, 5) is 23.2. The number of nitro benzene ring substituents is 1. The Morgan fingerprint density at radius 2 is 1.92 bits per heavy atom. The molecule has 2 fully saturated rings. The lowest BCUT2D eigenvalue weighted by atomic mass is 9.78. The van der Waals surface area contributed by atoms with Gasteiger partial charge in [0, 0.05) is 29.7 Å². The number of nitrogens with one attached hydrogen (secondary N) is 1. The molecule has 0 aromatic heterocycles. The molecule has 0 spiro atoms. The summed E-state index contributed by atoms with van der Waals surface area (Å²) in [5.74, 6) is 0.0228. The van der Waals surface area contributed by atoms with Gasteiger partial charge in [0.05, 0.1) is 22.7 Å². The topological polar surface area (TPSA) is 84.7 Å². The maximum atomic E-state index is 12.9. The molecule has 7 heteroatoms. The summed E-state index contributed by atoms with van der Waals surface area (Å²) in [5, 5.41) is 12.4. The molecule has 0 saturated carbocycles. The molecule has 0 aliphatic carbocycles. The highest BCUT2D eigenvalue weighted by atomic mass is 16.6. The molecule has 24 heavy (non-hydrogen) atoms. The molecule has 0 radical (unpaired) electrons. The predicted molar refractivity (Wildman–Crippen MR) is 88.4 cm³/mol. The molecule has 0 bridgehead atoms. The second-order valence-corrected chi connectivity index (χ2v) is 7.72. The van der Waals surface area contributed by atoms with Crippen LogP contribution in [0, 0.1) is 16.0 Å². The number of rotatable bonds is 2. The number of carbonyl (C=O) groups excluding carboxylic acids is 1. The van der Waals surface area contributed by atoms with Gasteiger partial charge in [-0.2, -0.15) is 0 Å². The number of ether oxygens (including phenoxy) is 1. The molecule has 2 aliphatic rings. The predicted octanol–water partition coefficient (Wildman–Crippen LogP) is 2.52. The Bertz CT molecular complexity index is 669. The first-order valence-corrected chi connectivity index (χ1v) is 8.11. The van der Waals surface area contributed by atoms with Crippen molar-refractivity contribution in [1.82, 2.24) is 10.4 Å². The maximum Gasteiger partial charge on any atom is 0.269 e. The van der Waals surface area contributed by atoms with Crippen LogP contribution >= 0.6 is 0 Å². The molecule has 7 nitrogen and oxygen atoms in total. The minimum absolute atomic E-state index is 0.0241. The molecule has 1 N–H and O–H groups in total. The quantitative estimate of drug-likeness (QED) is 0.664. The molecule has 2 aliphatic heterocycles. The molecule has 0 unspecified atom stereocenters. The van der Waals surface area contributed by atoms with E-state index in [4.69, 9.17) is 4.74 Å². The van der Waals surface area contributed by atoms with Crippen LogP contribution in [0.15, 0.2) is 24.3 Å². The fourth-order valence-electron chi connectivity index (χ4n) is 3.67. The van der Waals surface area contributed by atoms with Crippen LogP contribution in [0.1, 0.15) is 44.5 Å². The van der Waals surface area contributed by atoms with E-state index < -0.39 is 10.5 Å². The third-order valence-electron chi connectivity index (χ3n) is 5.16. The number of hydrogen-bond acceptors (Lipinski definition) is 5. The van der Waals surface area contributed by atoms with E-state index in [9.17, 15) is 14.9 Å². The third kappa shape index (κ3) is 2.78. The number of nitro groups is 1. The largest absolute Gasteiger partial charge is 0.375 e. The van der Waals surface area contributed by atoms with Crippen molar-refractivity contribution in [1.29, 1.82) is 0 Å². The molecule has 1 aromatic rings. The second-order valence-electron chi connectivity index (χ2n) is 7.72. The van der Waals surface area contributed by atoms with Gasteiger partial charge in [-0.05, 0) is 46.2 Å². The zero-order valence-electron chi connectivity index (χ0n) is 14.4. The number of carbonyl (C=O) groups is 1. The van der Waals surface area contributed by atoms with Gasteiger partial charge in [-0.15, -0.1) is 0 Å². The second kappa shape index (κ2) is 5.53. The molecular weight excluding hydrogens is 310 g/mol. The van der Waals surface area contributed by atoms with Crippen LogP contribution in [0.2, 0.25) is 0 Å². The first-order valence-electron chi connectivity index (χ1n) is 8.11. The number of benzene rings is 1. The summed E-state index contributed by atoms with van der Waals surface area (Å²) in [6.45, 7) is 8.75. The van der Waals surface area contributed by atoms with Crippen LogP contribution in [-0.2, 0) is 4.74 Å². The van der Waals surface area contributed by atoms with Gasteiger partial charge in [-0.3, -0.25) is 19.9 Å². The monoisotopic (exact) mass is 333 g/mol. The Balaban J connectivity index is 1.83. The Labute approximate surface area is 141 Å². The zero-order chi connectivity index (χ0) is 17.7. The summed E-state index contributed by atoms with van der Waals surface area (Å²) in [7, 11) is 0. The number of fused-ring (bicyclic) bond motifs is 1. The molecule has 1 amide bonds. The van der Waals surface area contributed by atoms with E-state index in [2.05, 4.69) is 19.3 Å². The van der Waals surface area contributed by atoms with Crippen LogP contribution in [0.5, 0.6) is 0 Å². The van der Waals surface area contributed by atoms with Crippen LogP contribution in [-0.4, -0.2) is 39.6 Å².